The molecule has 120 valence electrons. The van der Waals surface area contributed by atoms with Crippen LogP contribution in [0.4, 0.5) is 0 Å². The third-order valence-corrected chi connectivity index (χ3v) is 5.68. The Hall–Kier alpha value is -1.40. The lowest BCUT2D eigenvalue weighted by atomic mass is 10.1. The summed E-state index contributed by atoms with van der Waals surface area (Å²) in [6.45, 7) is 5.73. The fraction of sp³-hybridized carbons (Fsp3) is 0.625. The van der Waals surface area contributed by atoms with Crippen molar-refractivity contribution in [3.63, 3.8) is 0 Å². The molecule has 1 saturated heterocycles. The first-order valence-electron chi connectivity index (χ1n) is 7.98. The highest BCUT2D eigenvalue weighted by Crippen LogP contribution is 2.21. The predicted molar refractivity (Wildman–Crippen MR) is 89.3 cm³/mol. The average molecular weight is 320 g/mol. The number of carbonyl (C=O) groups is 1. The van der Waals surface area contributed by atoms with E-state index < -0.39 is 0 Å². The maximum Gasteiger partial charge on any atom is 0.237 e. The number of thiazole rings is 1. The normalized spacial score (nSPS) is 20.2. The maximum atomic E-state index is 12.4. The molecule has 1 aliphatic rings. The lowest BCUT2D eigenvalue weighted by Crippen LogP contribution is -2.44. The van der Waals surface area contributed by atoms with Crippen molar-refractivity contribution in [2.45, 2.75) is 52.1 Å². The molecule has 3 heterocycles. The quantitative estimate of drug-likeness (QED) is 0.945. The van der Waals surface area contributed by atoms with Gasteiger partial charge in [0, 0.05) is 16.8 Å². The molecule has 6 heteroatoms. The number of nitrogens with one attached hydrogen (secondary N) is 1. The van der Waals surface area contributed by atoms with E-state index >= 15 is 0 Å². The third kappa shape index (κ3) is 3.03. The molecule has 5 nitrogen and oxygen atoms in total. The van der Waals surface area contributed by atoms with Gasteiger partial charge in [-0.3, -0.25) is 14.1 Å². The molecule has 0 saturated carbocycles. The summed E-state index contributed by atoms with van der Waals surface area (Å²) >= 11 is 1.70. The number of hydrogen-bond acceptors (Lipinski definition) is 4. The smallest absolute Gasteiger partial charge is 0.237 e. The van der Waals surface area contributed by atoms with E-state index in [1.54, 1.807) is 11.3 Å². The SMILES string of the molecule is Cc1sc2nc(CNC(=O)[C@H]3CCCCCN3C)cn2c1C. The summed E-state index contributed by atoms with van der Waals surface area (Å²) in [4.78, 5) is 21.5. The van der Waals surface area contributed by atoms with Crippen LogP contribution < -0.4 is 5.32 Å². The van der Waals surface area contributed by atoms with Crippen LogP contribution in [-0.4, -0.2) is 39.8 Å². The number of carbonyl (C=O) groups excluding carboxylic acids is 1. The van der Waals surface area contributed by atoms with Gasteiger partial charge < -0.3 is 5.32 Å². The summed E-state index contributed by atoms with van der Waals surface area (Å²) in [5.41, 5.74) is 2.16. The van der Waals surface area contributed by atoms with Gasteiger partial charge in [-0.15, -0.1) is 11.3 Å². The Bertz CT molecular complexity index is 675. The van der Waals surface area contributed by atoms with E-state index in [4.69, 9.17) is 0 Å². The molecule has 1 fully saturated rings. The summed E-state index contributed by atoms with van der Waals surface area (Å²) in [5, 5.41) is 3.06. The number of hydrogen-bond donors (Lipinski definition) is 1. The fourth-order valence-corrected chi connectivity index (χ4v) is 4.04. The van der Waals surface area contributed by atoms with Crippen molar-refractivity contribution in [1.29, 1.82) is 0 Å². The summed E-state index contributed by atoms with van der Waals surface area (Å²) in [6, 6.07) is 0.00946. The van der Waals surface area contributed by atoms with Crippen molar-refractivity contribution in [1.82, 2.24) is 19.6 Å². The third-order valence-electron chi connectivity index (χ3n) is 4.61. The van der Waals surface area contributed by atoms with Gasteiger partial charge in [0.15, 0.2) is 4.96 Å². The van der Waals surface area contributed by atoms with Gasteiger partial charge >= 0.3 is 0 Å². The molecule has 1 atom stereocenters. The highest BCUT2D eigenvalue weighted by atomic mass is 32.1. The van der Waals surface area contributed by atoms with Crippen molar-refractivity contribution in [2.75, 3.05) is 13.6 Å². The van der Waals surface area contributed by atoms with E-state index in [0.717, 1.165) is 30.0 Å². The van der Waals surface area contributed by atoms with Crippen LogP contribution in [0.1, 0.15) is 41.9 Å². The van der Waals surface area contributed by atoms with Crippen LogP contribution in [0.5, 0.6) is 0 Å². The molecule has 1 aliphatic heterocycles. The number of aromatic nitrogens is 2. The Kier molecular flexibility index (Phi) is 4.49. The molecule has 22 heavy (non-hydrogen) atoms. The number of aryl methyl sites for hydroxylation is 2. The van der Waals surface area contributed by atoms with Gasteiger partial charge in [-0.25, -0.2) is 4.98 Å². The number of likely N-dealkylation sites (tertiary alicyclic amines) is 1. The van der Waals surface area contributed by atoms with Crippen molar-refractivity contribution >= 4 is 22.2 Å². The Balaban J connectivity index is 1.64. The maximum absolute atomic E-state index is 12.4. The molecule has 1 amide bonds. The average Bonchev–Trinajstić information content (AvgIpc) is 2.90. The number of likely N-dealkylation sites (N-methyl/N-ethyl adjacent to an activating group) is 1. The molecule has 3 rings (SSSR count). The van der Waals surface area contributed by atoms with Crippen LogP contribution in [0.25, 0.3) is 4.96 Å². The minimum absolute atomic E-state index is 0.00946. The van der Waals surface area contributed by atoms with Gasteiger partial charge in [-0.05, 0) is 40.3 Å². The van der Waals surface area contributed by atoms with Crippen LogP contribution in [0.2, 0.25) is 0 Å². The predicted octanol–water partition coefficient (Wildman–Crippen LogP) is 2.50. The summed E-state index contributed by atoms with van der Waals surface area (Å²) < 4.78 is 2.11. The van der Waals surface area contributed by atoms with Crippen LogP contribution >= 0.6 is 11.3 Å². The molecule has 0 unspecified atom stereocenters. The van der Waals surface area contributed by atoms with Gasteiger partial charge in [0.05, 0.1) is 18.3 Å². The van der Waals surface area contributed by atoms with Crippen molar-refractivity contribution in [2.24, 2.45) is 0 Å². The van der Waals surface area contributed by atoms with Crippen LogP contribution in [-0.2, 0) is 11.3 Å². The largest absolute Gasteiger partial charge is 0.349 e. The first-order valence-corrected chi connectivity index (χ1v) is 8.80. The zero-order chi connectivity index (χ0) is 15.7. The fourth-order valence-electron chi connectivity index (χ4n) is 3.07. The summed E-state index contributed by atoms with van der Waals surface area (Å²) in [7, 11) is 2.05. The second-order valence-corrected chi connectivity index (χ2v) is 7.37. The molecule has 0 spiro atoms. The molecule has 1 N–H and O–H groups in total. The van der Waals surface area contributed by atoms with E-state index in [-0.39, 0.29) is 11.9 Å². The zero-order valence-electron chi connectivity index (χ0n) is 13.6. The number of amides is 1. The number of rotatable bonds is 3. The van der Waals surface area contributed by atoms with E-state index in [1.807, 2.05) is 13.2 Å². The second kappa shape index (κ2) is 6.38. The molecule has 2 aromatic heterocycles. The zero-order valence-corrected chi connectivity index (χ0v) is 14.4. The van der Waals surface area contributed by atoms with E-state index in [1.165, 1.54) is 23.4 Å². The second-order valence-electron chi connectivity index (χ2n) is 6.19. The molecule has 0 aromatic carbocycles. The molecular weight excluding hydrogens is 296 g/mol. The van der Waals surface area contributed by atoms with E-state index in [2.05, 4.69) is 33.4 Å². The van der Waals surface area contributed by atoms with Gasteiger partial charge in [0.2, 0.25) is 5.91 Å². The van der Waals surface area contributed by atoms with Gasteiger partial charge in [0.25, 0.3) is 0 Å². The van der Waals surface area contributed by atoms with Crippen molar-refractivity contribution in [3.8, 4) is 0 Å². The summed E-state index contributed by atoms with van der Waals surface area (Å²) in [5.74, 6) is 0.133. The van der Waals surface area contributed by atoms with E-state index in [0.29, 0.717) is 6.54 Å². The minimum atomic E-state index is 0.00946. The van der Waals surface area contributed by atoms with Crippen LogP contribution in [0, 0.1) is 13.8 Å². The number of fused-ring (bicyclic) bond motifs is 1. The van der Waals surface area contributed by atoms with Gasteiger partial charge in [0.1, 0.15) is 0 Å². The Labute approximate surface area is 135 Å². The van der Waals surface area contributed by atoms with Crippen LogP contribution in [0.15, 0.2) is 6.20 Å². The van der Waals surface area contributed by atoms with Crippen molar-refractivity contribution in [3.05, 3.63) is 22.5 Å². The van der Waals surface area contributed by atoms with Gasteiger partial charge in [-0.1, -0.05) is 12.8 Å². The lowest BCUT2D eigenvalue weighted by molar-refractivity contribution is -0.126. The Morgan fingerprint density at radius 3 is 3.00 bits per heavy atom. The lowest BCUT2D eigenvalue weighted by Gasteiger charge is -2.24. The highest BCUT2D eigenvalue weighted by molar-refractivity contribution is 7.17. The molecule has 0 bridgehead atoms. The Morgan fingerprint density at radius 1 is 1.41 bits per heavy atom. The molecular formula is C16H24N4OS. The van der Waals surface area contributed by atoms with Crippen molar-refractivity contribution < 1.29 is 4.79 Å². The monoisotopic (exact) mass is 320 g/mol. The molecule has 0 aliphatic carbocycles. The van der Waals surface area contributed by atoms with E-state index in [9.17, 15) is 4.79 Å². The number of imidazole rings is 1. The standard InChI is InChI=1S/C16H24N4OS/c1-11-12(2)22-16-18-13(10-20(11)16)9-17-15(21)14-7-5-4-6-8-19(14)3/h10,14H,4-9H2,1-3H3,(H,17,21)/t14-/m1/s1. The topological polar surface area (TPSA) is 49.6 Å². The number of nitrogens with zero attached hydrogens (tertiary/aromatic N) is 3. The Morgan fingerprint density at radius 2 is 2.23 bits per heavy atom. The highest BCUT2D eigenvalue weighted by Gasteiger charge is 2.24. The molecule has 2 aromatic rings. The first kappa shape index (κ1) is 15.5. The molecule has 0 radical (unpaired) electrons. The van der Waals surface area contributed by atoms with Crippen LogP contribution in [0.3, 0.4) is 0 Å². The summed E-state index contributed by atoms with van der Waals surface area (Å²) in [6.07, 6.45) is 6.55. The van der Waals surface area contributed by atoms with Gasteiger partial charge in [-0.2, -0.15) is 0 Å². The first-order chi connectivity index (χ1) is 10.6. The minimum Gasteiger partial charge on any atom is -0.349 e.